The van der Waals surface area contributed by atoms with Gasteiger partial charge in [0.1, 0.15) is 0 Å². The number of hydrogen-bond acceptors (Lipinski definition) is 2. The monoisotopic (exact) mass is 239 g/mol. The molecule has 4 heteroatoms. The number of halogens is 1. The summed E-state index contributed by atoms with van der Waals surface area (Å²) in [6.07, 6.45) is 2.70. The first-order valence-electron chi connectivity index (χ1n) is 4.14. The third-order valence-corrected chi connectivity index (χ3v) is 2.55. The van der Waals surface area contributed by atoms with Crippen LogP contribution in [0.25, 0.3) is 5.52 Å². The summed E-state index contributed by atoms with van der Waals surface area (Å²) in [6.45, 7) is 0.656. The standard InChI is InChI=1S/C9H10BrN3/c10-9-12-6-8-3-1-2-7(4-5-11)13(8)9/h1-3,6H,4-5,11H2. The van der Waals surface area contributed by atoms with Crippen LogP contribution in [0.5, 0.6) is 0 Å². The van der Waals surface area contributed by atoms with Crippen LogP contribution in [0.15, 0.2) is 29.1 Å². The number of rotatable bonds is 2. The summed E-state index contributed by atoms with van der Waals surface area (Å²) in [5.41, 5.74) is 7.80. The number of fused-ring (bicyclic) bond motifs is 1. The molecule has 0 aromatic carbocycles. The fourth-order valence-electron chi connectivity index (χ4n) is 1.42. The van der Waals surface area contributed by atoms with Gasteiger partial charge < -0.3 is 5.73 Å². The topological polar surface area (TPSA) is 43.3 Å². The van der Waals surface area contributed by atoms with Gasteiger partial charge in [0, 0.05) is 12.1 Å². The van der Waals surface area contributed by atoms with Gasteiger partial charge >= 0.3 is 0 Å². The highest BCUT2D eigenvalue weighted by Gasteiger charge is 2.03. The van der Waals surface area contributed by atoms with Gasteiger partial charge in [-0.3, -0.25) is 4.40 Å². The van der Waals surface area contributed by atoms with Gasteiger partial charge in [-0.05, 0) is 34.6 Å². The molecule has 0 saturated heterocycles. The molecule has 13 heavy (non-hydrogen) atoms. The fraction of sp³-hybridized carbons (Fsp3) is 0.222. The van der Waals surface area contributed by atoms with Crippen LogP contribution < -0.4 is 5.73 Å². The van der Waals surface area contributed by atoms with E-state index in [4.69, 9.17) is 5.73 Å². The summed E-state index contributed by atoms with van der Waals surface area (Å²) in [6, 6.07) is 6.11. The van der Waals surface area contributed by atoms with Gasteiger partial charge in [0.2, 0.25) is 0 Å². The van der Waals surface area contributed by atoms with Gasteiger partial charge in [0.15, 0.2) is 4.73 Å². The van der Waals surface area contributed by atoms with Crippen molar-refractivity contribution in [2.75, 3.05) is 6.54 Å². The quantitative estimate of drug-likeness (QED) is 0.866. The zero-order valence-electron chi connectivity index (χ0n) is 7.07. The highest BCUT2D eigenvalue weighted by Crippen LogP contribution is 2.15. The summed E-state index contributed by atoms with van der Waals surface area (Å²) in [7, 11) is 0. The molecule has 0 spiro atoms. The second-order valence-electron chi connectivity index (χ2n) is 2.84. The number of imidazole rings is 1. The lowest BCUT2D eigenvalue weighted by molar-refractivity contribution is 0.882. The molecular formula is C9H10BrN3. The zero-order valence-corrected chi connectivity index (χ0v) is 8.66. The van der Waals surface area contributed by atoms with Crippen molar-refractivity contribution < 1.29 is 0 Å². The van der Waals surface area contributed by atoms with E-state index in [2.05, 4.69) is 31.4 Å². The molecule has 2 aromatic rings. The lowest BCUT2D eigenvalue weighted by Crippen LogP contribution is -2.06. The molecule has 0 amide bonds. The molecule has 0 unspecified atom stereocenters. The van der Waals surface area contributed by atoms with Crippen molar-refractivity contribution in [3.05, 3.63) is 34.8 Å². The molecule has 0 aliphatic carbocycles. The number of hydrogen-bond donors (Lipinski definition) is 1. The van der Waals surface area contributed by atoms with E-state index in [0.717, 1.165) is 16.7 Å². The Morgan fingerprint density at radius 1 is 1.46 bits per heavy atom. The van der Waals surface area contributed by atoms with E-state index in [1.807, 2.05) is 18.3 Å². The van der Waals surface area contributed by atoms with Crippen LogP contribution in [-0.4, -0.2) is 15.9 Å². The summed E-state index contributed by atoms with van der Waals surface area (Å²) in [4.78, 5) is 4.18. The Balaban J connectivity index is 2.65. The molecule has 0 fully saturated rings. The maximum atomic E-state index is 5.52. The second-order valence-corrected chi connectivity index (χ2v) is 3.55. The van der Waals surface area contributed by atoms with Crippen LogP contribution in [0.2, 0.25) is 0 Å². The van der Waals surface area contributed by atoms with E-state index in [-0.39, 0.29) is 0 Å². The van der Waals surface area contributed by atoms with E-state index in [1.54, 1.807) is 0 Å². The first kappa shape index (κ1) is 8.72. The van der Waals surface area contributed by atoms with Crippen molar-refractivity contribution in [3.8, 4) is 0 Å². The molecule has 3 nitrogen and oxygen atoms in total. The molecule has 0 bridgehead atoms. The van der Waals surface area contributed by atoms with Crippen LogP contribution in [0, 0.1) is 0 Å². The van der Waals surface area contributed by atoms with Gasteiger partial charge in [0.05, 0.1) is 11.7 Å². The van der Waals surface area contributed by atoms with Crippen molar-refractivity contribution in [2.45, 2.75) is 6.42 Å². The Hall–Kier alpha value is -0.870. The maximum Gasteiger partial charge on any atom is 0.181 e. The lowest BCUT2D eigenvalue weighted by atomic mass is 10.2. The van der Waals surface area contributed by atoms with Crippen molar-refractivity contribution >= 4 is 21.4 Å². The Kier molecular flexibility index (Phi) is 2.33. The SMILES string of the molecule is NCCc1cccc2cnc(Br)n12. The summed E-state index contributed by atoms with van der Waals surface area (Å²) < 4.78 is 2.90. The highest BCUT2D eigenvalue weighted by molar-refractivity contribution is 9.10. The Labute approximate surface area is 84.7 Å². The van der Waals surface area contributed by atoms with Crippen molar-refractivity contribution in [3.63, 3.8) is 0 Å². The number of pyridine rings is 1. The van der Waals surface area contributed by atoms with E-state index in [9.17, 15) is 0 Å². The minimum absolute atomic E-state index is 0.656. The van der Waals surface area contributed by atoms with Gasteiger partial charge in [-0.25, -0.2) is 4.98 Å². The molecule has 0 aliphatic rings. The van der Waals surface area contributed by atoms with E-state index in [0.29, 0.717) is 6.54 Å². The summed E-state index contributed by atoms with van der Waals surface area (Å²) in [5, 5.41) is 0. The van der Waals surface area contributed by atoms with Crippen LogP contribution in [0.1, 0.15) is 5.69 Å². The molecule has 2 rings (SSSR count). The summed E-state index contributed by atoms with van der Waals surface area (Å²) >= 11 is 3.40. The minimum Gasteiger partial charge on any atom is -0.330 e. The van der Waals surface area contributed by atoms with Crippen LogP contribution in [0.4, 0.5) is 0 Å². The van der Waals surface area contributed by atoms with Crippen LogP contribution in [0.3, 0.4) is 0 Å². The number of nitrogens with zero attached hydrogens (tertiary/aromatic N) is 2. The second kappa shape index (κ2) is 3.47. The van der Waals surface area contributed by atoms with Gasteiger partial charge in [-0.1, -0.05) is 6.07 Å². The molecule has 2 aromatic heterocycles. The van der Waals surface area contributed by atoms with Crippen LogP contribution >= 0.6 is 15.9 Å². The van der Waals surface area contributed by atoms with E-state index >= 15 is 0 Å². The molecule has 0 aliphatic heterocycles. The molecule has 0 radical (unpaired) electrons. The largest absolute Gasteiger partial charge is 0.330 e. The smallest absolute Gasteiger partial charge is 0.181 e. The fourth-order valence-corrected chi connectivity index (χ4v) is 1.95. The summed E-state index contributed by atoms with van der Waals surface area (Å²) in [5.74, 6) is 0. The van der Waals surface area contributed by atoms with Crippen molar-refractivity contribution in [2.24, 2.45) is 5.73 Å². The van der Waals surface area contributed by atoms with E-state index in [1.165, 1.54) is 5.69 Å². The van der Waals surface area contributed by atoms with Gasteiger partial charge in [0.25, 0.3) is 0 Å². The first-order chi connectivity index (χ1) is 6.33. The number of aromatic nitrogens is 2. The molecule has 68 valence electrons. The van der Waals surface area contributed by atoms with Crippen LogP contribution in [-0.2, 0) is 6.42 Å². The van der Waals surface area contributed by atoms with Crippen molar-refractivity contribution in [1.82, 2.24) is 9.38 Å². The third-order valence-electron chi connectivity index (χ3n) is 1.99. The lowest BCUT2D eigenvalue weighted by Gasteiger charge is -2.04. The molecule has 2 N–H and O–H groups in total. The average molecular weight is 240 g/mol. The third kappa shape index (κ3) is 1.47. The highest BCUT2D eigenvalue weighted by atomic mass is 79.9. The zero-order chi connectivity index (χ0) is 9.26. The Bertz CT molecular complexity index is 422. The average Bonchev–Trinajstić information content (AvgIpc) is 2.50. The predicted molar refractivity (Wildman–Crippen MR) is 55.7 cm³/mol. The van der Waals surface area contributed by atoms with Gasteiger partial charge in [-0.15, -0.1) is 0 Å². The van der Waals surface area contributed by atoms with Gasteiger partial charge in [-0.2, -0.15) is 0 Å². The Morgan fingerprint density at radius 2 is 2.31 bits per heavy atom. The molecule has 0 saturated carbocycles. The van der Waals surface area contributed by atoms with E-state index < -0.39 is 0 Å². The molecular weight excluding hydrogens is 230 g/mol. The normalized spacial score (nSPS) is 10.9. The molecule has 0 atom stereocenters. The first-order valence-corrected chi connectivity index (χ1v) is 4.93. The minimum atomic E-state index is 0.656. The maximum absolute atomic E-state index is 5.52. The number of nitrogens with two attached hydrogens (primary N) is 1. The predicted octanol–water partition coefficient (Wildman–Crippen LogP) is 1.60. The van der Waals surface area contributed by atoms with Crippen molar-refractivity contribution in [1.29, 1.82) is 0 Å². The molecule has 2 heterocycles. The Morgan fingerprint density at radius 3 is 3.08 bits per heavy atom.